The lowest BCUT2D eigenvalue weighted by Crippen LogP contribution is -2.28. The molecule has 3 nitrogen and oxygen atoms in total. The van der Waals surface area contributed by atoms with Crippen LogP contribution in [0.2, 0.25) is 0 Å². The molecule has 1 heterocycles. The fourth-order valence-corrected chi connectivity index (χ4v) is 2.83. The Morgan fingerprint density at radius 1 is 1.16 bits per heavy atom. The van der Waals surface area contributed by atoms with Gasteiger partial charge in [-0.1, -0.05) is 27.7 Å². The van der Waals surface area contributed by atoms with E-state index in [2.05, 4.69) is 46.9 Å². The number of aryl methyl sites for hydroxylation is 2. The third-order valence-electron chi connectivity index (χ3n) is 4.11. The summed E-state index contributed by atoms with van der Waals surface area (Å²) >= 11 is 0. The van der Waals surface area contributed by atoms with E-state index < -0.39 is 0 Å². The van der Waals surface area contributed by atoms with Gasteiger partial charge in [-0.15, -0.1) is 0 Å². The Kier molecular flexibility index (Phi) is 4.24. The van der Waals surface area contributed by atoms with E-state index in [1.54, 1.807) is 0 Å². The van der Waals surface area contributed by atoms with Gasteiger partial charge in [0, 0.05) is 29.9 Å². The van der Waals surface area contributed by atoms with Crippen LogP contribution in [0.5, 0.6) is 0 Å². The molecule has 0 aromatic carbocycles. The van der Waals surface area contributed by atoms with Crippen LogP contribution in [0, 0.1) is 19.8 Å². The number of rotatable bonds is 5. The van der Waals surface area contributed by atoms with E-state index in [0.29, 0.717) is 17.9 Å². The van der Waals surface area contributed by atoms with Crippen LogP contribution in [0.1, 0.15) is 68.7 Å². The molecule has 0 bridgehead atoms. The van der Waals surface area contributed by atoms with Gasteiger partial charge in [-0.05, 0) is 37.7 Å². The highest BCUT2D eigenvalue weighted by Gasteiger charge is 2.37. The minimum Gasteiger partial charge on any atom is -0.314 e. The highest BCUT2D eigenvalue weighted by molar-refractivity contribution is 5.30. The summed E-state index contributed by atoms with van der Waals surface area (Å²) in [7, 11) is 0. The van der Waals surface area contributed by atoms with Crippen LogP contribution in [0.15, 0.2) is 0 Å². The molecular formula is C16H27N3. The summed E-state index contributed by atoms with van der Waals surface area (Å²) < 4.78 is 0. The largest absolute Gasteiger partial charge is 0.314 e. The monoisotopic (exact) mass is 261 g/mol. The average Bonchev–Trinajstić information content (AvgIpc) is 3.02. The summed E-state index contributed by atoms with van der Waals surface area (Å²) in [6, 6.07) is 0.524. The van der Waals surface area contributed by atoms with Crippen LogP contribution in [0.4, 0.5) is 0 Å². The second kappa shape index (κ2) is 5.58. The van der Waals surface area contributed by atoms with Crippen molar-refractivity contribution in [3.05, 3.63) is 22.8 Å². The van der Waals surface area contributed by atoms with Gasteiger partial charge in [0.2, 0.25) is 0 Å². The minimum atomic E-state index is 0.466. The Labute approximate surface area is 117 Å². The molecule has 3 unspecified atom stereocenters. The molecule has 1 aromatic heterocycles. The van der Waals surface area contributed by atoms with E-state index >= 15 is 0 Å². The van der Waals surface area contributed by atoms with Crippen molar-refractivity contribution in [1.82, 2.24) is 15.3 Å². The van der Waals surface area contributed by atoms with E-state index in [4.69, 9.17) is 9.97 Å². The van der Waals surface area contributed by atoms with Gasteiger partial charge in [-0.3, -0.25) is 0 Å². The molecule has 106 valence electrons. The molecule has 1 aliphatic rings. The first-order chi connectivity index (χ1) is 8.90. The van der Waals surface area contributed by atoms with E-state index in [1.165, 1.54) is 23.4 Å². The van der Waals surface area contributed by atoms with Gasteiger partial charge in [0.1, 0.15) is 5.82 Å². The maximum atomic E-state index is 4.76. The van der Waals surface area contributed by atoms with Crippen LogP contribution < -0.4 is 5.32 Å². The molecule has 0 radical (unpaired) electrons. The zero-order valence-electron chi connectivity index (χ0n) is 13.1. The molecule has 0 spiro atoms. The Morgan fingerprint density at radius 3 is 2.11 bits per heavy atom. The molecule has 19 heavy (non-hydrogen) atoms. The maximum Gasteiger partial charge on any atom is 0.132 e. The number of hydrogen-bond acceptors (Lipinski definition) is 3. The lowest BCUT2D eigenvalue weighted by Gasteiger charge is -2.19. The summed E-state index contributed by atoms with van der Waals surface area (Å²) in [5.41, 5.74) is 3.66. The SMILES string of the molecule is Cc1nc(C2CC2C)nc(C)c1C(C)CNC(C)C. The van der Waals surface area contributed by atoms with Gasteiger partial charge in [0.25, 0.3) is 0 Å². The highest BCUT2D eigenvalue weighted by Crippen LogP contribution is 2.45. The van der Waals surface area contributed by atoms with Crippen molar-refractivity contribution in [3.8, 4) is 0 Å². The fraction of sp³-hybridized carbons (Fsp3) is 0.750. The van der Waals surface area contributed by atoms with Crippen molar-refractivity contribution in [3.63, 3.8) is 0 Å². The molecule has 1 N–H and O–H groups in total. The van der Waals surface area contributed by atoms with Gasteiger partial charge < -0.3 is 5.32 Å². The third kappa shape index (κ3) is 3.33. The predicted molar refractivity (Wildman–Crippen MR) is 79.6 cm³/mol. The average molecular weight is 261 g/mol. The van der Waals surface area contributed by atoms with Crippen molar-refractivity contribution in [1.29, 1.82) is 0 Å². The zero-order valence-corrected chi connectivity index (χ0v) is 13.1. The standard InChI is InChI=1S/C16H27N3/c1-9(2)17-8-11(4)15-12(5)18-16(19-13(15)6)14-7-10(14)3/h9-11,14,17H,7-8H2,1-6H3. The Morgan fingerprint density at radius 2 is 1.68 bits per heavy atom. The minimum absolute atomic E-state index is 0.466. The molecule has 2 rings (SSSR count). The lowest BCUT2D eigenvalue weighted by molar-refractivity contribution is 0.543. The lowest BCUT2D eigenvalue weighted by atomic mass is 9.97. The number of hydrogen-bond donors (Lipinski definition) is 1. The fourth-order valence-electron chi connectivity index (χ4n) is 2.83. The second-order valence-corrected chi connectivity index (χ2v) is 6.45. The van der Waals surface area contributed by atoms with Crippen LogP contribution >= 0.6 is 0 Å². The summed E-state index contributed by atoms with van der Waals surface area (Å²) in [5.74, 6) is 2.91. The smallest absolute Gasteiger partial charge is 0.132 e. The molecule has 0 aliphatic heterocycles. The van der Waals surface area contributed by atoms with Crippen LogP contribution in [0.3, 0.4) is 0 Å². The molecular weight excluding hydrogens is 234 g/mol. The number of nitrogens with zero attached hydrogens (tertiary/aromatic N) is 2. The predicted octanol–water partition coefficient (Wildman–Crippen LogP) is 3.32. The van der Waals surface area contributed by atoms with E-state index in [1.807, 2.05) is 0 Å². The molecule has 1 saturated carbocycles. The van der Waals surface area contributed by atoms with Gasteiger partial charge in [-0.25, -0.2) is 9.97 Å². The van der Waals surface area contributed by atoms with Crippen molar-refractivity contribution in [2.24, 2.45) is 5.92 Å². The van der Waals surface area contributed by atoms with Gasteiger partial charge in [0.15, 0.2) is 0 Å². The Hall–Kier alpha value is -0.960. The third-order valence-corrected chi connectivity index (χ3v) is 4.11. The van der Waals surface area contributed by atoms with Crippen LogP contribution in [-0.4, -0.2) is 22.6 Å². The molecule has 1 fully saturated rings. The Balaban J connectivity index is 2.16. The van der Waals surface area contributed by atoms with E-state index in [-0.39, 0.29) is 0 Å². The first-order valence-corrected chi connectivity index (χ1v) is 7.48. The summed E-state index contributed by atoms with van der Waals surface area (Å²) in [6.07, 6.45) is 1.25. The molecule has 0 amide bonds. The normalized spacial score (nSPS) is 23.7. The quantitative estimate of drug-likeness (QED) is 0.883. The molecule has 0 saturated heterocycles. The van der Waals surface area contributed by atoms with Crippen LogP contribution in [-0.2, 0) is 0 Å². The van der Waals surface area contributed by atoms with Crippen molar-refractivity contribution in [2.45, 2.75) is 65.8 Å². The first kappa shape index (κ1) is 14.4. The Bertz CT molecular complexity index is 430. The summed E-state index contributed by atoms with van der Waals surface area (Å²) in [5, 5.41) is 3.50. The van der Waals surface area contributed by atoms with Gasteiger partial charge in [0.05, 0.1) is 0 Å². The topological polar surface area (TPSA) is 37.8 Å². The maximum absolute atomic E-state index is 4.76. The van der Waals surface area contributed by atoms with E-state index in [0.717, 1.165) is 18.3 Å². The molecule has 3 heteroatoms. The first-order valence-electron chi connectivity index (χ1n) is 7.48. The van der Waals surface area contributed by atoms with Crippen molar-refractivity contribution >= 4 is 0 Å². The summed E-state index contributed by atoms with van der Waals surface area (Å²) in [6.45, 7) is 14.1. The molecule has 3 atom stereocenters. The molecule has 1 aliphatic carbocycles. The van der Waals surface area contributed by atoms with Crippen molar-refractivity contribution < 1.29 is 0 Å². The van der Waals surface area contributed by atoms with Gasteiger partial charge >= 0.3 is 0 Å². The highest BCUT2D eigenvalue weighted by atomic mass is 14.9. The van der Waals surface area contributed by atoms with Gasteiger partial charge in [-0.2, -0.15) is 0 Å². The number of aromatic nitrogens is 2. The van der Waals surface area contributed by atoms with Crippen LogP contribution in [0.25, 0.3) is 0 Å². The zero-order chi connectivity index (χ0) is 14.2. The summed E-state index contributed by atoms with van der Waals surface area (Å²) in [4.78, 5) is 9.51. The number of nitrogens with one attached hydrogen (secondary N) is 1. The van der Waals surface area contributed by atoms with E-state index in [9.17, 15) is 0 Å². The molecule has 1 aromatic rings. The van der Waals surface area contributed by atoms with Crippen molar-refractivity contribution in [2.75, 3.05) is 6.54 Å². The second-order valence-electron chi connectivity index (χ2n) is 6.45.